The van der Waals surface area contributed by atoms with Gasteiger partial charge in [-0.05, 0) is 0 Å². The molecular weight excluding hydrogens is 364 g/mol. The van der Waals surface area contributed by atoms with Crippen molar-refractivity contribution in [1.82, 2.24) is 0 Å². The first-order valence-corrected chi connectivity index (χ1v) is 11.0. The van der Waals surface area contributed by atoms with E-state index in [0.717, 1.165) is 37.8 Å². The van der Waals surface area contributed by atoms with E-state index in [-0.39, 0.29) is 10.6 Å². The van der Waals surface area contributed by atoms with Crippen molar-refractivity contribution in [1.29, 1.82) is 0 Å². The Morgan fingerprint density at radius 2 is 1.41 bits per heavy atom. The van der Waals surface area contributed by atoms with Crippen LogP contribution in [0, 0.1) is 10.1 Å². The van der Waals surface area contributed by atoms with Crippen LogP contribution >= 0.6 is 0 Å². The van der Waals surface area contributed by atoms with E-state index in [1.54, 1.807) is 32.9 Å². The Kier molecular flexibility index (Phi) is 6.54. The van der Waals surface area contributed by atoms with Gasteiger partial charge in [-0.3, -0.25) is 10.1 Å². The first-order valence-electron chi connectivity index (χ1n) is 11.0. The third-order valence-electron chi connectivity index (χ3n) is 6.74. The molecule has 0 saturated carbocycles. The molecule has 6 heteroatoms. The van der Waals surface area contributed by atoms with Crippen molar-refractivity contribution in [2.75, 3.05) is 39.3 Å². The summed E-state index contributed by atoms with van der Waals surface area (Å²) in [5, 5.41) is 11.0. The van der Waals surface area contributed by atoms with Crippen LogP contribution in [0.25, 0.3) is 0 Å². The highest BCUT2D eigenvalue weighted by Gasteiger charge is 2.33. The Balaban J connectivity index is 1.21. The molecule has 4 rings (SSSR count). The molecule has 0 bridgehead atoms. The fourth-order valence-electron chi connectivity index (χ4n) is 5.07. The highest BCUT2D eigenvalue weighted by Crippen LogP contribution is 2.12. The number of hydrogen-bond acceptors (Lipinski definition) is 2. The van der Waals surface area contributed by atoms with Gasteiger partial charge in [-0.1, -0.05) is 42.5 Å². The Morgan fingerprint density at radius 3 is 2.10 bits per heavy atom. The van der Waals surface area contributed by atoms with Gasteiger partial charge >= 0.3 is 0 Å². The summed E-state index contributed by atoms with van der Waals surface area (Å²) >= 11 is 0. The monoisotopic (exact) mass is 397 g/mol. The molecule has 2 saturated heterocycles. The van der Waals surface area contributed by atoms with Crippen LogP contribution in [0.1, 0.15) is 24.0 Å². The van der Waals surface area contributed by atoms with Crippen molar-refractivity contribution in [3.63, 3.8) is 0 Å². The van der Waals surface area contributed by atoms with Gasteiger partial charge < -0.3 is 14.7 Å². The summed E-state index contributed by atoms with van der Waals surface area (Å²) in [7, 11) is 0. The average Bonchev–Trinajstić information content (AvgIpc) is 2.76. The van der Waals surface area contributed by atoms with E-state index < -0.39 is 0 Å². The third kappa shape index (κ3) is 5.41. The number of non-ortho nitro benzene ring substituents is 1. The number of rotatable bonds is 6. The molecule has 2 aromatic carbocycles. The number of piperazine rings is 1. The molecule has 29 heavy (non-hydrogen) atoms. The summed E-state index contributed by atoms with van der Waals surface area (Å²) in [6.45, 7) is 9.40. The summed E-state index contributed by atoms with van der Waals surface area (Å²) in [6.07, 6.45) is 2.66. The molecule has 0 spiro atoms. The van der Waals surface area contributed by atoms with Crippen LogP contribution in [0.5, 0.6) is 0 Å². The second-order valence-electron chi connectivity index (χ2n) is 8.70. The molecule has 0 unspecified atom stereocenters. The van der Waals surface area contributed by atoms with Crippen molar-refractivity contribution < 1.29 is 19.6 Å². The number of piperidine rings is 1. The van der Waals surface area contributed by atoms with Crippen molar-refractivity contribution in [2.24, 2.45) is 0 Å². The van der Waals surface area contributed by atoms with Crippen molar-refractivity contribution >= 4 is 5.69 Å². The lowest BCUT2D eigenvalue weighted by molar-refractivity contribution is -1.04. The molecule has 154 valence electrons. The standard InChI is InChI=1S/C23H30N4O2/c28-27(29)23-8-4-7-21(17-23)19-25-13-15-26(16-14-25)22-9-11-24(12-10-22)18-20-5-2-1-3-6-20/h1-8,17,22H,9-16,18-19H2/p+3. The maximum Gasteiger partial charge on any atom is 0.269 e. The highest BCUT2D eigenvalue weighted by atomic mass is 16.6. The zero-order chi connectivity index (χ0) is 20.1. The van der Waals surface area contributed by atoms with Crippen LogP contribution in [0.15, 0.2) is 54.6 Å². The number of likely N-dealkylation sites (tertiary alicyclic amines) is 1. The van der Waals surface area contributed by atoms with E-state index >= 15 is 0 Å². The molecule has 2 aliphatic heterocycles. The molecule has 0 amide bonds. The maximum absolute atomic E-state index is 11.0. The predicted molar refractivity (Wildman–Crippen MR) is 112 cm³/mol. The van der Waals surface area contributed by atoms with Crippen molar-refractivity contribution in [3.8, 4) is 0 Å². The van der Waals surface area contributed by atoms with Gasteiger partial charge in [0.2, 0.25) is 0 Å². The largest absolute Gasteiger partial charge is 0.331 e. The zero-order valence-corrected chi connectivity index (χ0v) is 17.1. The van der Waals surface area contributed by atoms with Gasteiger partial charge in [0.25, 0.3) is 5.69 Å². The highest BCUT2D eigenvalue weighted by molar-refractivity contribution is 5.33. The predicted octanol–water partition coefficient (Wildman–Crippen LogP) is -0.874. The van der Waals surface area contributed by atoms with E-state index in [9.17, 15) is 10.1 Å². The Labute approximate surface area is 172 Å². The maximum atomic E-state index is 11.0. The first kappa shape index (κ1) is 20.0. The molecule has 2 aliphatic rings. The molecule has 2 heterocycles. The molecule has 0 radical (unpaired) electrons. The number of nitrogens with one attached hydrogen (secondary N) is 3. The minimum atomic E-state index is -0.299. The molecule has 0 aromatic heterocycles. The van der Waals surface area contributed by atoms with Crippen LogP contribution in [0.4, 0.5) is 5.69 Å². The number of hydrogen-bond donors (Lipinski definition) is 3. The number of nitro benzene ring substituents is 1. The number of nitro groups is 1. The second kappa shape index (κ2) is 9.48. The van der Waals surface area contributed by atoms with Gasteiger partial charge in [0.05, 0.1) is 24.1 Å². The van der Waals surface area contributed by atoms with E-state index in [2.05, 4.69) is 30.3 Å². The fourth-order valence-corrected chi connectivity index (χ4v) is 5.07. The van der Waals surface area contributed by atoms with Gasteiger partial charge in [0, 0.05) is 36.1 Å². The Bertz CT molecular complexity index is 798. The minimum Gasteiger partial charge on any atom is -0.331 e. The lowest BCUT2D eigenvalue weighted by Crippen LogP contribution is -3.30. The third-order valence-corrected chi connectivity index (χ3v) is 6.74. The summed E-state index contributed by atoms with van der Waals surface area (Å²) in [5.74, 6) is 0. The number of nitrogens with zero attached hydrogens (tertiary/aromatic N) is 1. The average molecular weight is 398 g/mol. The summed E-state index contributed by atoms with van der Waals surface area (Å²) in [5.41, 5.74) is 2.73. The van der Waals surface area contributed by atoms with Crippen LogP contribution in [0.2, 0.25) is 0 Å². The Hall–Kier alpha value is -2.28. The summed E-state index contributed by atoms with van der Waals surface area (Å²) in [6, 6.07) is 18.8. The Morgan fingerprint density at radius 1 is 0.793 bits per heavy atom. The van der Waals surface area contributed by atoms with E-state index in [1.807, 2.05) is 6.07 Å². The van der Waals surface area contributed by atoms with Gasteiger partial charge in [-0.2, -0.15) is 0 Å². The smallest absolute Gasteiger partial charge is 0.269 e. The van der Waals surface area contributed by atoms with Crippen LogP contribution < -0.4 is 14.7 Å². The minimum absolute atomic E-state index is 0.205. The number of quaternary nitrogens is 3. The van der Waals surface area contributed by atoms with Gasteiger partial charge in [-0.25, -0.2) is 0 Å². The lowest BCUT2D eigenvalue weighted by Gasteiger charge is -2.37. The van der Waals surface area contributed by atoms with E-state index in [0.29, 0.717) is 0 Å². The SMILES string of the molecule is O=[N+]([O-])c1cccc(C[NH+]2CC[NH+](C3CC[NH+](Cc4ccccc4)CC3)CC2)c1. The van der Waals surface area contributed by atoms with Crippen LogP contribution in [-0.4, -0.2) is 50.2 Å². The molecule has 6 nitrogen and oxygen atoms in total. The molecule has 2 fully saturated rings. The van der Waals surface area contributed by atoms with Crippen LogP contribution in [0.3, 0.4) is 0 Å². The van der Waals surface area contributed by atoms with Gasteiger partial charge in [-0.15, -0.1) is 0 Å². The van der Waals surface area contributed by atoms with Crippen molar-refractivity contribution in [2.45, 2.75) is 32.0 Å². The molecule has 0 atom stereocenters. The number of benzene rings is 2. The van der Waals surface area contributed by atoms with Gasteiger partial charge in [0.15, 0.2) is 0 Å². The first-order chi connectivity index (χ1) is 14.2. The van der Waals surface area contributed by atoms with Crippen LogP contribution in [-0.2, 0) is 13.1 Å². The summed E-state index contributed by atoms with van der Waals surface area (Å²) in [4.78, 5) is 15.7. The molecule has 2 aromatic rings. The van der Waals surface area contributed by atoms with E-state index in [1.165, 1.54) is 44.6 Å². The molecule has 0 aliphatic carbocycles. The second-order valence-corrected chi connectivity index (χ2v) is 8.70. The lowest BCUT2D eigenvalue weighted by atomic mass is 10.0. The quantitative estimate of drug-likeness (QED) is 0.438. The summed E-state index contributed by atoms with van der Waals surface area (Å²) < 4.78 is 0. The topological polar surface area (TPSA) is 56.5 Å². The molecule has 3 N–H and O–H groups in total. The van der Waals surface area contributed by atoms with Gasteiger partial charge in [0.1, 0.15) is 39.3 Å². The van der Waals surface area contributed by atoms with Crippen molar-refractivity contribution in [3.05, 3.63) is 75.8 Å². The molecular formula is C23H33N4O2+3. The normalized spacial score (nSPS) is 27.4. The zero-order valence-electron chi connectivity index (χ0n) is 17.1. The fraction of sp³-hybridized carbons (Fsp3) is 0.478. The van der Waals surface area contributed by atoms with E-state index in [4.69, 9.17) is 0 Å².